The van der Waals surface area contributed by atoms with Crippen LogP contribution in [-0.4, -0.2) is 38.5 Å². The molecular formula is C17H14F12O4S. The molecule has 0 saturated carbocycles. The van der Waals surface area contributed by atoms with Crippen LogP contribution < -0.4 is 4.74 Å². The Hall–Kier alpha value is -2.01. The Morgan fingerprint density at radius 3 is 1.74 bits per heavy atom. The molecule has 0 aromatic heterocycles. The van der Waals surface area contributed by atoms with Gasteiger partial charge in [-0.05, 0) is 36.8 Å². The number of halogens is 12. The normalized spacial score (nSPS) is 19.5. The van der Waals surface area contributed by atoms with Crippen molar-refractivity contribution in [3.05, 3.63) is 41.7 Å². The van der Waals surface area contributed by atoms with Gasteiger partial charge in [0.15, 0.2) is 0 Å². The Kier molecular flexibility index (Phi) is 7.38. The first-order valence-electron chi connectivity index (χ1n) is 8.84. The maximum atomic E-state index is 13.8. The standard InChI is InChI=1S/C17H14F12O4S/c18-13(19,20)9-1-3-10(4-2-9)32-11-5-7-12(8-6-11)33-34(30,31)17(28,29)15(23,24)14(21,22)16(25,26)27/h1-4,7,11,30-31H,5-6,8H2. The largest absolute Gasteiger partial charge is 0.490 e. The fraction of sp³-hybridized carbons (Fsp3) is 0.529. The van der Waals surface area contributed by atoms with Gasteiger partial charge in [0.05, 0.1) is 5.56 Å². The lowest BCUT2D eigenvalue weighted by molar-refractivity contribution is -0.383. The molecule has 1 unspecified atom stereocenters. The molecule has 17 heteroatoms. The third-order valence-corrected chi connectivity index (χ3v) is 5.85. The molecule has 1 aromatic rings. The van der Waals surface area contributed by atoms with Crippen LogP contribution >= 0.6 is 10.9 Å². The minimum atomic E-state index is -7.34. The van der Waals surface area contributed by atoms with E-state index in [9.17, 15) is 61.8 Å². The maximum Gasteiger partial charge on any atom is 0.460 e. The summed E-state index contributed by atoms with van der Waals surface area (Å²) in [4.78, 5) is 0. The van der Waals surface area contributed by atoms with Crippen LogP contribution in [-0.2, 0) is 10.4 Å². The second-order valence-electron chi connectivity index (χ2n) is 6.95. The summed E-state index contributed by atoms with van der Waals surface area (Å²) in [5.41, 5.74) is -0.974. The fourth-order valence-electron chi connectivity index (χ4n) is 2.61. The molecule has 1 aromatic carbocycles. The molecule has 0 radical (unpaired) electrons. The van der Waals surface area contributed by atoms with Crippen LogP contribution in [0.3, 0.4) is 0 Å². The van der Waals surface area contributed by atoms with Gasteiger partial charge in [-0.3, -0.25) is 9.11 Å². The Morgan fingerprint density at radius 1 is 0.794 bits per heavy atom. The molecule has 2 rings (SSSR count). The average Bonchev–Trinajstić information content (AvgIpc) is 2.67. The van der Waals surface area contributed by atoms with Crippen molar-refractivity contribution in [1.29, 1.82) is 0 Å². The molecular weight excluding hydrogens is 528 g/mol. The zero-order valence-electron chi connectivity index (χ0n) is 16.2. The van der Waals surface area contributed by atoms with Crippen LogP contribution in [0, 0.1) is 0 Å². The van der Waals surface area contributed by atoms with Crippen molar-refractivity contribution < 1.29 is 70.7 Å². The maximum absolute atomic E-state index is 13.8. The van der Waals surface area contributed by atoms with Gasteiger partial charge in [0.1, 0.15) is 17.6 Å². The minimum absolute atomic E-state index is 0.0411. The summed E-state index contributed by atoms with van der Waals surface area (Å²) in [6.45, 7) is 0. The highest BCUT2D eigenvalue weighted by Gasteiger charge is 2.86. The SMILES string of the molecule is OS(O)(OC1=CCC(Oc2ccc(C(F)(F)F)cc2)CC1)C(F)(F)C(F)(F)C(F)(F)C(F)(F)F. The van der Waals surface area contributed by atoms with Crippen LogP contribution in [0.15, 0.2) is 36.1 Å². The molecule has 1 aliphatic carbocycles. The van der Waals surface area contributed by atoms with E-state index in [0.717, 1.165) is 18.2 Å². The van der Waals surface area contributed by atoms with E-state index in [-0.39, 0.29) is 18.6 Å². The van der Waals surface area contributed by atoms with Gasteiger partial charge in [-0.15, -0.1) is 0 Å². The number of hydrogen-bond donors (Lipinski definition) is 2. The smallest absolute Gasteiger partial charge is 0.460 e. The third-order valence-electron chi connectivity index (χ3n) is 4.48. The topological polar surface area (TPSA) is 58.9 Å². The van der Waals surface area contributed by atoms with Crippen LogP contribution in [0.2, 0.25) is 0 Å². The average molecular weight is 542 g/mol. The van der Waals surface area contributed by atoms with Crippen molar-refractivity contribution >= 4 is 10.9 Å². The summed E-state index contributed by atoms with van der Waals surface area (Å²) in [6, 6.07) is 3.35. The predicted octanol–water partition coefficient (Wildman–Crippen LogP) is 7.63. The number of hydrogen-bond acceptors (Lipinski definition) is 4. The second-order valence-corrected chi connectivity index (χ2v) is 8.62. The molecule has 2 N–H and O–H groups in total. The molecule has 1 aliphatic rings. The highest BCUT2D eigenvalue weighted by Crippen LogP contribution is 2.67. The molecule has 0 heterocycles. The molecule has 34 heavy (non-hydrogen) atoms. The van der Waals surface area contributed by atoms with E-state index >= 15 is 0 Å². The third kappa shape index (κ3) is 5.30. The van der Waals surface area contributed by atoms with Gasteiger partial charge in [-0.25, -0.2) is 0 Å². The number of benzene rings is 1. The zero-order valence-corrected chi connectivity index (χ0v) is 17.1. The van der Waals surface area contributed by atoms with E-state index < -0.39 is 64.2 Å². The van der Waals surface area contributed by atoms with E-state index in [1.165, 1.54) is 0 Å². The molecule has 0 aliphatic heterocycles. The van der Waals surface area contributed by atoms with Crippen LogP contribution in [0.25, 0.3) is 0 Å². The van der Waals surface area contributed by atoms with Crippen molar-refractivity contribution in [3.63, 3.8) is 0 Å². The number of allylic oxidation sites excluding steroid dienone is 1. The second kappa shape index (κ2) is 8.89. The molecule has 1 atom stereocenters. The molecule has 0 amide bonds. The molecule has 0 fully saturated rings. The van der Waals surface area contributed by atoms with E-state index in [4.69, 9.17) is 4.74 Å². The van der Waals surface area contributed by atoms with Gasteiger partial charge in [-0.2, -0.15) is 52.7 Å². The van der Waals surface area contributed by atoms with Crippen LogP contribution in [0.4, 0.5) is 52.7 Å². The molecule has 4 nitrogen and oxygen atoms in total. The summed E-state index contributed by atoms with van der Waals surface area (Å²) >= 11 is 0. The van der Waals surface area contributed by atoms with Crippen LogP contribution in [0.1, 0.15) is 24.8 Å². The summed E-state index contributed by atoms with van der Waals surface area (Å²) in [6.07, 6.45) is -12.8. The first kappa shape index (κ1) is 28.2. The summed E-state index contributed by atoms with van der Waals surface area (Å²) in [7, 11) is -6.53. The minimum Gasteiger partial charge on any atom is -0.490 e. The van der Waals surface area contributed by atoms with E-state index in [1.54, 1.807) is 0 Å². The number of alkyl halides is 12. The summed E-state index contributed by atoms with van der Waals surface area (Å²) in [5, 5.41) is -6.76. The lowest BCUT2D eigenvalue weighted by Gasteiger charge is -2.41. The highest BCUT2D eigenvalue weighted by atomic mass is 32.3. The molecule has 0 saturated heterocycles. The lowest BCUT2D eigenvalue weighted by Crippen LogP contribution is -2.62. The summed E-state index contributed by atoms with van der Waals surface area (Å²) in [5.74, 6) is -15.5. The van der Waals surface area contributed by atoms with Crippen molar-refractivity contribution in [2.75, 3.05) is 0 Å². The Balaban J connectivity index is 2.10. The van der Waals surface area contributed by atoms with Gasteiger partial charge in [0, 0.05) is 12.8 Å². The number of rotatable bonds is 7. The van der Waals surface area contributed by atoms with Crippen LogP contribution in [0.5, 0.6) is 5.75 Å². The van der Waals surface area contributed by atoms with Gasteiger partial charge >= 0.3 is 29.5 Å². The lowest BCUT2D eigenvalue weighted by atomic mass is 10.0. The summed E-state index contributed by atoms with van der Waals surface area (Å²) < 4.78 is 182. The van der Waals surface area contributed by atoms with Crippen molar-refractivity contribution in [2.24, 2.45) is 0 Å². The van der Waals surface area contributed by atoms with E-state index in [1.807, 2.05) is 0 Å². The quantitative estimate of drug-likeness (QED) is 0.348. The molecule has 196 valence electrons. The monoisotopic (exact) mass is 542 g/mol. The number of ether oxygens (including phenoxy) is 1. The van der Waals surface area contributed by atoms with E-state index in [0.29, 0.717) is 12.1 Å². The van der Waals surface area contributed by atoms with Crippen molar-refractivity contribution in [1.82, 2.24) is 0 Å². The van der Waals surface area contributed by atoms with Crippen molar-refractivity contribution in [2.45, 2.75) is 54.8 Å². The Bertz CT molecular complexity index is 893. The van der Waals surface area contributed by atoms with Gasteiger partial charge < -0.3 is 8.92 Å². The predicted molar refractivity (Wildman–Crippen MR) is 92.6 cm³/mol. The van der Waals surface area contributed by atoms with Gasteiger partial charge in [0.2, 0.25) is 10.9 Å². The Morgan fingerprint density at radius 2 is 1.32 bits per heavy atom. The van der Waals surface area contributed by atoms with Gasteiger partial charge in [-0.1, -0.05) is 0 Å². The zero-order chi connectivity index (χ0) is 26.4. The first-order chi connectivity index (χ1) is 15.1. The first-order valence-corrected chi connectivity index (χ1v) is 10.3. The van der Waals surface area contributed by atoms with Crippen molar-refractivity contribution in [3.8, 4) is 5.75 Å². The van der Waals surface area contributed by atoms with E-state index in [2.05, 4.69) is 4.18 Å². The fourth-order valence-corrected chi connectivity index (χ4v) is 3.63. The highest BCUT2D eigenvalue weighted by molar-refractivity contribution is 8.21. The molecule has 0 spiro atoms. The Labute approximate surface area is 184 Å². The molecule has 0 bridgehead atoms. The van der Waals surface area contributed by atoms with Gasteiger partial charge in [0.25, 0.3) is 0 Å².